The molecule has 0 heterocycles. The van der Waals surface area contributed by atoms with Crippen molar-refractivity contribution in [3.8, 4) is 0 Å². The molecule has 0 saturated carbocycles. The number of hydrogen-bond donors (Lipinski definition) is 0. The van der Waals surface area contributed by atoms with Crippen LogP contribution in [0.15, 0.2) is 0 Å². The molecule has 0 rings (SSSR count). The van der Waals surface area contributed by atoms with Gasteiger partial charge in [0.2, 0.25) is 5.91 Å². The third-order valence-electron chi connectivity index (χ3n) is 2.41. The number of alkyl halides is 1. The summed E-state index contributed by atoms with van der Waals surface area (Å²) in [6, 6.07) is 0.0769. The first-order valence-electron chi connectivity index (χ1n) is 5.38. The van der Waals surface area contributed by atoms with Gasteiger partial charge in [0.25, 0.3) is 0 Å². The molecule has 0 spiro atoms. The summed E-state index contributed by atoms with van der Waals surface area (Å²) in [4.78, 5) is 13.4. The van der Waals surface area contributed by atoms with Crippen LogP contribution >= 0.6 is 11.6 Å². The molecule has 0 bridgehead atoms. The summed E-state index contributed by atoms with van der Waals surface area (Å²) in [5, 5.41) is 0. The van der Waals surface area contributed by atoms with Gasteiger partial charge < -0.3 is 4.90 Å². The Balaban J connectivity index is 4.70. The van der Waals surface area contributed by atoms with E-state index in [9.17, 15) is 13.2 Å². The predicted molar refractivity (Wildman–Crippen MR) is 66.5 cm³/mol. The maximum Gasteiger partial charge on any atom is 0.238 e. The molecule has 0 aromatic carbocycles. The van der Waals surface area contributed by atoms with Gasteiger partial charge in [-0.15, -0.1) is 11.6 Å². The van der Waals surface area contributed by atoms with Crippen molar-refractivity contribution < 1.29 is 13.2 Å². The second-order valence-electron chi connectivity index (χ2n) is 3.82. The topological polar surface area (TPSA) is 54.5 Å². The number of nitrogens with zero attached hydrogens (tertiary/aromatic N) is 1. The average molecular weight is 270 g/mol. The van der Waals surface area contributed by atoms with Crippen LogP contribution in [0.4, 0.5) is 0 Å². The number of amides is 1. The number of rotatable bonds is 7. The minimum absolute atomic E-state index is 0.0769. The summed E-state index contributed by atoms with van der Waals surface area (Å²) in [7, 11) is -3.27. The third-order valence-corrected chi connectivity index (χ3v) is 3.36. The Kier molecular flexibility index (Phi) is 6.99. The highest BCUT2D eigenvalue weighted by Crippen LogP contribution is 2.10. The van der Waals surface area contributed by atoms with Gasteiger partial charge in [0.05, 0.1) is 0 Å². The number of carbonyl (C=O) groups is 1. The summed E-state index contributed by atoms with van der Waals surface area (Å²) in [6.07, 6.45) is 2.68. The Morgan fingerprint density at radius 3 is 2.12 bits per heavy atom. The normalized spacial score (nSPS) is 11.8. The summed E-state index contributed by atoms with van der Waals surface area (Å²) in [6.45, 7) is 4.36. The molecule has 4 nitrogen and oxygen atoms in total. The van der Waals surface area contributed by atoms with Crippen LogP contribution in [0.2, 0.25) is 0 Å². The molecule has 0 aromatic heterocycles. The molecule has 96 valence electrons. The molecule has 0 aliphatic heterocycles. The molecule has 0 aliphatic carbocycles. The van der Waals surface area contributed by atoms with Gasteiger partial charge in [-0.05, 0) is 12.8 Å². The van der Waals surface area contributed by atoms with Gasteiger partial charge in [-0.2, -0.15) is 0 Å². The van der Waals surface area contributed by atoms with Gasteiger partial charge in [0, 0.05) is 24.7 Å². The highest BCUT2D eigenvalue weighted by molar-refractivity contribution is 7.91. The van der Waals surface area contributed by atoms with Crippen molar-refractivity contribution in [3.05, 3.63) is 0 Å². The molecule has 1 amide bonds. The molecular weight excluding hydrogens is 250 g/mol. The average Bonchev–Trinajstić information content (AvgIpc) is 2.15. The highest BCUT2D eigenvalue weighted by Gasteiger charge is 2.23. The smallest absolute Gasteiger partial charge is 0.238 e. The Morgan fingerprint density at radius 1 is 1.31 bits per heavy atom. The largest absolute Gasteiger partial charge is 0.338 e. The zero-order chi connectivity index (χ0) is 12.8. The van der Waals surface area contributed by atoms with E-state index in [-0.39, 0.29) is 11.9 Å². The maximum atomic E-state index is 11.8. The van der Waals surface area contributed by atoms with E-state index >= 15 is 0 Å². The van der Waals surface area contributed by atoms with E-state index in [2.05, 4.69) is 0 Å². The minimum Gasteiger partial charge on any atom is -0.338 e. The van der Waals surface area contributed by atoms with E-state index in [1.54, 1.807) is 4.90 Å². The van der Waals surface area contributed by atoms with Gasteiger partial charge in [-0.3, -0.25) is 4.79 Å². The number of sulfone groups is 1. The van der Waals surface area contributed by atoms with Crippen LogP contribution in [0.1, 0.15) is 26.7 Å². The first-order chi connectivity index (χ1) is 7.35. The van der Waals surface area contributed by atoms with E-state index < -0.39 is 15.6 Å². The van der Waals surface area contributed by atoms with Gasteiger partial charge in [0.15, 0.2) is 9.84 Å². The molecule has 16 heavy (non-hydrogen) atoms. The molecular formula is C10H20ClNO3S. The van der Waals surface area contributed by atoms with Crippen molar-refractivity contribution in [2.45, 2.75) is 32.7 Å². The van der Waals surface area contributed by atoms with Crippen molar-refractivity contribution in [2.24, 2.45) is 0 Å². The van der Waals surface area contributed by atoms with Crippen molar-refractivity contribution in [1.82, 2.24) is 4.90 Å². The van der Waals surface area contributed by atoms with E-state index in [1.165, 1.54) is 0 Å². The van der Waals surface area contributed by atoms with Crippen LogP contribution in [-0.4, -0.2) is 49.7 Å². The number of hydrogen-bond acceptors (Lipinski definition) is 3. The molecule has 0 aromatic rings. The third kappa shape index (κ3) is 5.70. The van der Waals surface area contributed by atoms with E-state index in [1.807, 2.05) is 13.8 Å². The first kappa shape index (κ1) is 15.7. The summed E-state index contributed by atoms with van der Waals surface area (Å²) in [5.41, 5.74) is 0. The van der Waals surface area contributed by atoms with Crippen LogP contribution in [0.5, 0.6) is 0 Å². The zero-order valence-electron chi connectivity index (χ0n) is 10.1. The molecule has 0 radical (unpaired) electrons. The molecule has 0 saturated heterocycles. The van der Waals surface area contributed by atoms with Crippen LogP contribution in [0.3, 0.4) is 0 Å². The van der Waals surface area contributed by atoms with Crippen molar-refractivity contribution in [3.63, 3.8) is 0 Å². The van der Waals surface area contributed by atoms with Gasteiger partial charge >= 0.3 is 0 Å². The van der Waals surface area contributed by atoms with Crippen LogP contribution in [0.25, 0.3) is 0 Å². The van der Waals surface area contributed by atoms with Crippen molar-refractivity contribution >= 4 is 27.3 Å². The first-order valence-corrected chi connectivity index (χ1v) is 7.98. The summed E-state index contributed by atoms with van der Waals surface area (Å²) >= 11 is 5.63. The van der Waals surface area contributed by atoms with E-state index in [0.29, 0.717) is 12.4 Å². The lowest BCUT2D eigenvalue weighted by molar-refractivity contribution is -0.130. The molecule has 0 aliphatic rings. The Hall–Kier alpha value is -0.290. The van der Waals surface area contributed by atoms with Crippen LogP contribution in [-0.2, 0) is 14.6 Å². The zero-order valence-corrected chi connectivity index (χ0v) is 11.6. The highest BCUT2D eigenvalue weighted by atomic mass is 35.5. The van der Waals surface area contributed by atoms with Crippen LogP contribution in [0, 0.1) is 0 Å². The summed E-state index contributed by atoms with van der Waals surface area (Å²) < 4.78 is 22.1. The number of halogens is 1. The molecule has 0 fully saturated rings. The lowest BCUT2D eigenvalue weighted by Crippen LogP contribution is -2.43. The van der Waals surface area contributed by atoms with Gasteiger partial charge in [-0.25, -0.2) is 8.42 Å². The standard InChI is InChI=1S/C10H20ClNO3S/c1-4-9(5-2)12(7-6-11)10(13)8-16(3,14)15/h9H,4-8H2,1-3H3. The fourth-order valence-corrected chi connectivity index (χ4v) is 2.44. The number of carbonyl (C=O) groups excluding carboxylic acids is 1. The minimum atomic E-state index is -3.27. The van der Waals surface area contributed by atoms with Crippen molar-refractivity contribution in [1.29, 1.82) is 0 Å². The van der Waals surface area contributed by atoms with Crippen LogP contribution < -0.4 is 0 Å². The fraction of sp³-hybridized carbons (Fsp3) is 0.900. The molecule has 0 atom stereocenters. The monoisotopic (exact) mass is 269 g/mol. The maximum absolute atomic E-state index is 11.8. The Bertz CT molecular complexity index is 312. The molecule has 0 unspecified atom stereocenters. The fourth-order valence-electron chi connectivity index (χ4n) is 1.64. The quantitative estimate of drug-likeness (QED) is 0.655. The Labute approximate surface area is 103 Å². The van der Waals surface area contributed by atoms with Crippen molar-refractivity contribution in [2.75, 3.05) is 24.4 Å². The van der Waals surface area contributed by atoms with Gasteiger partial charge in [0.1, 0.15) is 5.75 Å². The second-order valence-corrected chi connectivity index (χ2v) is 6.33. The second kappa shape index (κ2) is 7.12. The van der Waals surface area contributed by atoms with E-state index in [0.717, 1.165) is 19.1 Å². The van der Waals surface area contributed by atoms with E-state index in [4.69, 9.17) is 11.6 Å². The predicted octanol–water partition coefficient (Wildman–Crippen LogP) is 1.29. The summed E-state index contributed by atoms with van der Waals surface area (Å²) in [5.74, 6) is -0.455. The Morgan fingerprint density at radius 2 is 1.81 bits per heavy atom. The molecule has 0 N–H and O–H groups in total. The molecule has 6 heteroatoms. The lowest BCUT2D eigenvalue weighted by atomic mass is 10.1. The lowest BCUT2D eigenvalue weighted by Gasteiger charge is -2.29. The van der Waals surface area contributed by atoms with Gasteiger partial charge in [-0.1, -0.05) is 13.8 Å². The SMILES string of the molecule is CCC(CC)N(CCCl)C(=O)CS(C)(=O)=O.